The standard InChI is InChI=1S/C30H35FN4O4/c31-21-4-5-24-20(19-39-29(24)16-21)18-38-28-3-1-2-26-25(28)17-27(33-26)30(37)32-22-6-10-34(11-7-22)14-15-35-12-8-23(36)9-13-35/h1-5,16-17,19,22-23,33,36H,6-15,18H2,(H,32,37). The number of hydrogen-bond donors (Lipinski definition) is 3. The minimum Gasteiger partial charge on any atom is -0.488 e. The molecule has 2 saturated heterocycles. The number of amides is 1. The first-order chi connectivity index (χ1) is 19.0. The molecule has 0 aliphatic carbocycles. The van der Waals surface area contributed by atoms with Crippen LogP contribution in [-0.4, -0.2) is 77.2 Å². The molecule has 2 aromatic carbocycles. The second-order valence-corrected chi connectivity index (χ2v) is 10.8. The van der Waals surface area contributed by atoms with Crippen molar-refractivity contribution in [3.63, 3.8) is 0 Å². The average molecular weight is 535 g/mol. The number of furan rings is 1. The number of halogens is 1. The lowest BCUT2D eigenvalue weighted by molar-refractivity contribution is 0.0729. The predicted octanol–water partition coefficient (Wildman–Crippen LogP) is 4.28. The van der Waals surface area contributed by atoms with Crippen molar-refractivity contribution in [2.24, 2.45) is 0 Å². The number of carbonyl (C=O) groups is 1. The highest BCUT2D eigenvalue weighted by Crippen LogP contribution is 2.29. The Labute approximate surface area is 226 Å². The number of piperidine rings is 2. The van der Waals surface area contributed by atoms with Gasteiger partial charge in [0.05, 0.1) is 12.4 Å². The zero-order chi connectivity index (χ0) is 26.8. The maximum absolute atomic E-state index is 13.5. The summed E-state index contributed by atoms with van der Waals surface area (Å²) in [6, 6.07) is 12.2. The summed E-state index contributed by atoms with van der Waals surface area (Å²) >= 11 is 0. The summed E-state index contributed by atoms with van der Waals surface area (Å²) < 4.78 is 25.0. The summed E-state index contributed by atoms with van der Waals surface area (Å²) in [6.45, 7) is 6.25. The lowest BCUT2D eigenvalue weighted by Gasteiger charge is -2.35. The molecule has 9 heteroatoms. The van der Waals surface area contributed by atoms with Crippen LogP contribution in [0, 0.1) is 5.82 Å². The van der Waals surface area contributed by atoms with Crippen molar-refractivity contribution < 1.29 is 23.4 Å². The van der Waals surface area contributed by atoms with E-state index < -0.39 is 0 Å². The minimum atomic E-state index is -0.340. The van der Waals surface area contributed by atoms with Gasteiger partial charge in [-0.25, -0.2) is 4.39 Å². The normalized spacial score (nSPS) is 18.2. The van der Waals surface area contributed by atoms with Gasteiger partial charge in [-0.2, -0.15) is 0 Å². The van der Waals surface area contributed by atoms with E-state index in [0.717, 1.165) is 86.8 Å². The summed E-state index contributed by atoms with van der Waals surface area (Å²) in [5, 5.41) is 14.5. The van der Waals surface area contributed by atoms with Crippen LogP contribution in [0.3, 0.4) is 0 Å². The van der Waals surface area contributed by atoms with Crippen LogP contribution in [-0.2, 0) is 6.61 Å². The Kier molecular flexibility index (Phi) is 7.54. The van der Waals surface area contributed by atoms with Crippen LogP contribution < -0.4 is 10.1 Å². The van der Waals surface area contributed by atoms with Crippen molar-refractivity contribution in [3.8, 4) is 5.75 Å². The first-order valence-corrected chi connectivity index (χ1v) is 13.9. The van der Waals surface area contributed by atoms with Gasteiger partial charge in [0.2, 0.25) is 0 Å². The second kappa shape index (κ2) is 11.4. The molecule has 0 bridgehead atoms. The van der Waals surface area contributed by atoms with E-state index in [1.807, 2.05) is 24.3 Å². The van der Waals surface area contributed by atoms with Crippen LogP contribution in [0.2, 0.25) is 0 Å². The highest BCUT2D eigenvalue weighted by Gasteiger charge is 2.23. The first kappa shape index (κ1) is 25.9. The molecule has 0 radical (unpaired) electrons. The third kappa shape index (κ3) is 5.95. The fraction of sp³-hybridized carbons (Fsp3) is 0.433. The quantitative estimate of drug-likeness (QED) is 0.312. The molecule has 8 nitrogen and oxygen atoms in total. The number of aromatic amines is 1. The highest BCUT2D eigenvalue weighted by molar-refractivity contribution is 5.99. The molecular formula is C30H35FN4O4. The summed E-state index contributed by atoms with van der Waals surface area (Å²) in [5.41, 5.74) is 2.66. The van der Waals surface area contributed by atoms with Gasteiger partial charge in [0.15, 0.2) is 0 Å². The predicted molar refractivity (Wildman–Crippen MR) is 147 cm³/mol. The number of likely N-dealkylation sites (tertiary alicyclic amines) is 2. The molecule has 1 amide bonds. The van der Waals surface area contributed by atoms with Gasteiger partial charge in [-0.15, -0.1) is 0 Å². The Balaban J connectivity index is 1.02. The Hall–Kier alpha value is -3.40. The van der Waals surface area contributed by atoms with Crippen LogP contribution in [0.1, 0.15) is 41.7 Å². The van der Waals surface area contributed by atoms with Crippen LogP contribution in [0.5, 0.6) is 5.75 Å². The van der Waals surface area contributed by atoms with Gasteiger partial charge in [0, 0.05) is 73.2 Å². The molecule has 39 heavy (non-hydrogen) atoms. The lowest BCUT2D eigenvalue weighted by atomic mass is 10.0. The summed E-state index contributed by atoms with van der Waals surface area (Å²) in [5.74, 6) is 0.217. The molecule has 2 aliphatic rings. The van der Waals surface area contributed by atoms with E-state index in [4.69, 9.17) is 9.15 Å². The van der Waals surface area contributed by atoms with Gasteiger partial charge in [0.1, 0.15) is 29.5 Å². The molecule has 6 rings (SSSR count). The van der Waals surface area contributed by atoms with Crippen LogP contribution in [0.15, 0.2) is 53.1 Å². The number of nitrogens with zero attached hydrogens (tertiary/aromatic N) is 2. The number of ether oxygens (including phenoxy) is 1. The third-order valence-electron chi connectivity index (χ3n) is 8.08. The fourth-order valence-electron chi connectivity index (χ4n) is 5.69. The van der Waals surface area contributed by atoms with Gasteiger partial charge in [0.25, 0.3) is 5.91 Å². The van der Waals surface area contributed by atoms with Crippen molar-refractivity contribution in [2.75, 3.05) is 39.3 Å². The summed E-state index contributed by atoms with van der Waals surface area (Å²) in [7, 11) is 0. The Morgan fingerprint density at radius 2 is 1.77 bits per heavy atom. The zero-order valence-corrected chi connectivity index (χ0v) is 22.0. The SMILES string of the molecule is O=C(NC1CCN(CCN2CCC(O)CC2)CC1)c1cc2c(OCc3coc4cc(F)ccc34)cccc2[nH]1. The molecular weight excluding hydrogens is 499 g/mol. The fourth-order valence-corrected chi connectivity index (χ4v) is 5.69. The van der Waals surface area contributed by atoms with Crippen molar-refractivity contribution in [1.29, 1.82) is 0 Å². The molecule has 2 aromatic heterocycles. The molecule has 3 N–H and O–H groups in total. The monoisotopic (exact) mass is 534 g/mol. The van der Waals surface area contributed by atoms with E-state index in [1.165, 1.54) is 12.1 Å². The van der Waals surface area contributed by atoms with E-state index in [2.05, 4.69) is 20.1 Å². The molecule has 4 heterocycles. The number of nitrogens with one attached hydrogen (secondary N) is 2. The van der Waals surface area contributed by atoms with E-state index >= 15 is 0 Å². The van der Waals surface area contributed by atoms with Crippen molar-refractivity contribution >= 4 is 27.8 Å². The molecule has 0 unspecified atom stereocenters. The van der Waals surface area contributed by atoms with Crippen molar-refractivity contribution in [2.45, 2.75) is 44.4 Å². The molecule has 2 aliphatic heterocycles. The third-order valence-corrected chi connectivity index (χ3v) is 8.08. The summed E-state index contributed by atoms with van der Waals surface area (Å²) in [4.78, 5) is 21.2. The highest BCUT2D eigenvalue weighted by atomic mass is 19.1. The Morgan fingerprint density at radius 3 is 2.54 bits per heavy atom. The number of benzene rings is 2. The molecule has 206 valence electrons. The van der Waals surface area contributed by atoms with Crippen molar-refractivity contribution in [1.82, 2.24) is 20.1 Å². The maximum atomic E-state index is 13.5. The number of fused-ring (bicyclic) bond motifs is 2. The number of rotatable bonds is 8. The Morgan fingerprint density at radius 1 is 1.03 bits per heavy atom. The lowest BCUT2D eigenvalue weighted by Crippen LogP contribution is -2.47. The molecule has 0 saturated carbocycles. The van der Waals surface area contributed by atoms with Gasteiger partial charge in [-0.05, 0) is 56.0 Å². The topological polar surface area (TPSA) is 94.0 Å². The number of carbonyl (C=O) groups excluding carboxylic acids is 1. The number of aliphatic hydroxyl groups excluding tert-OH is 1. The largest absolute Gasteiger partial charge is 0.488 e. The van der Waals surface area contributed by atoms with E-state index in [1.54, 1.807) is 12.3 Å². The van der Waals surface area contributed by atoms with Gasteiger partial charge in [-0.3, -0.25) is 4.79 Å². The number of aromatic nitrogens is 1. The minimum absolute atomic E-state index is 0.106. The first-order valence-electron chi connectivity index (χ1n) is 13.9. The maximum Gasteiger partial charge on any atom is 0.267 e. The van der Waals surface area contributed by atoms with Crippen LogP contribution in [0.4, 0.5) is 4.39 Å². The zero-order valence-electron chi connectivity index (χ0n) is 22.0. The molecule has 0 atom stereocenters. The number of H-pyrrole nitrogens is 1. The number of hydrogen-bond acceptors (Lipinski definition) is 6. The molecule has 4 aromatic rings. The van der Waals surface area contributed by atoms with Crippen molar-refractivity contribution in [3.05, 3.63) is 65.8 Å². The smallest absolute Gasteiger partial charge is 0.267 e. The van der Waals surface area contributed by atoms with Crippen LogP contribution >= 0.6 is 0 Å². The second-order valence-electron chi connectivity index (χ2n) is 10.8. The molecule has 2 fully saturated rings. The number of aliphatic hydroxyl groups is 1. The van der Waals surface area contributed by atoms with Gasteiger partial charge < -0.3 is 34.4 Å². The van der Waals surface area contributed by atoms with E-state index in [-0.39, 0.29) is 30.5 Å². The van der Waals surface area contributed by atoms with E-state index in [0.29, 0.717) is 17.0 Å². The van der Waals surface area contributed by atoms with Gasteiger partial charge >= 0.3 is 0 Å². The molecule has 0 spiro atoms. The van der Waals surface area contributed by atoms with Crippen LogP contribution in [0.25, 0.3) is 21.9 Å². The van der Waals surface area contributed by atoms with Gasteiger partial charge in [-0.1, -0.05) is 6.07 Å². The summed E-state index contributed by atoms with van der Waals surface area (Å²) in [6.07, 6.45) is 5.07. The Bertz CT molecular complexity index is 1430. The average Bonchev–Trinajstić information content (AvgIpc) is 3.57. The van der Waals surface area contributed by atoms with E-state index in [9.17, 15) is 14.3 Å².